The number of phosphoric acid groups is 1. The van der Waals surface area contributed by atoms with Gasteiger partial charge in [0.25, 0.3) is 7.82 Å². The Hall–Kier alpha value is -2.06. The first-order valence-electron chi connectivity index (χ1n) is 23.3. The van der Waals surface area contributed by atoms with Crippen molar-refractivity contribution < 1.29 is 32.9 Å². The van der Waals surface area contributed by atoms with Crippen LogP contribution in [0, 0.1) is 0 Å². The van der Waals surface area contributed by atoms with Crippen LogP contribution in [0.4, 0.5) is 0 Å². The molecule has 0 rings (SSSR count). The molecule has 0 aliphatic heterocycles. The van der Waals surface area contributed by atoms with E-state index in [0.29, 0.717) is 23.9 Å². The minimum atomic E-state index is -4.61. The molecule has 0 aromatic rings. The minimum Gasteiger partial charge on any atom is -0.756 e. The number of carbonyl (C=O) groups excluding carboxylic acids is 1. The van der Waals surface area contributed by atoms with Crippen LogP contribution in [0.25, 0.3) is 0 Å². The summed E-state index contributed by atoms with van der Waals surface area (Å²) in [7, 11) is 1.20. The number of unbranched alkanes of at least 4 members (excludes halogenated alkanes) is 18. The number of rotatable bonds is 41. The number of amides is 1. The van der Waals surface area contributed by atoms with E-state index in [1.54, 1.807) is 6.08 Å². The van der Waals surface area contributed by atoms with Crippen molar-refractivity contribution in [1.82, 2.24) is 5.32 Å². The lowest BCUT2D eigenvalue weighted by molar-refractivity contribution is -0.870. The number of likely N-dealkylation sites (N-methyl/N-ethyl adjacent to an activating group) is 1. The highest BCUT2D eigenvalue weighted by Crippen LogP contribution is 2.38. The number of phosphoric ester groups is 1. The van der Waals surface area contributed by atoms with E-state index >= 15 is 0 Å². The van der Waals surface area contributed by atoms with Crippen LogP contribution < -0.4 is 10.2 Å². The van der Waals surface area contributed by atoms with Crippen molar-refractivity contribution in [2.45, 2.75) is 193 Å². The van der Waals surface area contributed by atoms with Crippen molar-refractivity contribution in [1.29, 1.82) is 0 Å². The van der Waals surface area contributed by atoms with Gasteiger partial charge in [-0.25, -0.2) is 0 Å². The van der Waals surface area contributed by atoms with Gasteiger partial charge in [-0.3, -0.25) is 9.36 Å². The van der Waals surface area contributed by atoms with Crippen LogP contribution in [-0.4, -0.2) is 68.5 Å². The van der Waals surface area contributed by atoms with Gasteiger partial charge in [-0.2, -0.15) is 0 Å². The third-order valence-electron chi connectivity index (χ3n) is 9.88. The smallest absolute Gasteiger partial charge is 0.268 e. The summed E-state index contributed by atoms with van der Waals surface area (Å²) in [5, 5.41) is 13.7. The summed E-state index contributed by atoms with van der Waals surface area (Å²) in [5.41, 5.74) is 0. The molecule has 8 nitrogen and oxygen atoms in total. The van der Waals surface area contributed by atoms with Gasteiger partial charge >= 0.3 is 0 Å². The Balaban J connectivity index is 4.46. The van der Waals surface area contributed by atoms with Crippen molar-refractivity contribution in [3.8, 4) is 0 Å². The van der Waals surface area contributed by atoms with Gasteiger partial charge in [-0.15, -0.1) is 0 Å². The van der Waals surface area contributed by atoms with E-state index in [0.717, 1.165) is 64.2 Å². The van der Waals surface area contributed by atoms with Crippen LogP contribution in [-0.2, 0) is 18.4 Å². The molecule has 0 bridgehead atoms. The van der Waals surface area contributed by atoms with Gasteiger partial charge in [0.2, 0.25) is 5.91 Å². The Labute approximate surface area is 357 Å². The van der Waals surface area contributed by atoms with Crippen molar-refractivity contribution >= 4 is 13.7 Å². The highest BCUT2D eigenvalue weighted by atomic mass is 31.2. The van der Waals surface area contributed by atoms with E-state index in [9.17, 15) is 19.4 Å². The van der Waals surface area contributed by atoms with Crippen molar-refractivity contribution in [2.75, 3.05) is 40.9 Å². The second kappa shape index (κ2) is 40.4. The number of aliphatic hydroxyl groups is 1. The van der Waals surface area contributed by atoms with Gasteiger partial charge < -0.3 is 28.8 Å². The number of quaternary nitrogens is 1. The molecule has 0 radical (unpaired) electrons. The summed E-state index contributed by atoms with van der Waals surface area (Å²) in [6.07, 6.45) is 54.0. The Morgan fingerprint density at radius 2 is 1.07 bits per heavy atom. The second-order valence-corrected chi connectivity index (χ2v) is 18.1. The van der Waals surface area contributed by atoms with Gasteiger partial charge in [0, 0.05) is 6.42 Å². The lowest BCUT2D eigenvalue weighted by atomic mass is 10.0. The van der Waals surface area contributed by atoms with Gasteiger partial charge in [0.15, 0.2) is 0 Å². The number of hydrogen-bond acceptors (Lipinski definition) is 6. The van der Waals surface area contributed by atoms with Crippen LogP contribution in [0.3, 0.4) is 0 Å². The molecule has 336 valence electrons. The summed E-state index contributed by atoms with van der Waals surface area (Å²) < 4.78 is 23.2. The normalized spacial score (nSPS) is 14.9. The maximum atomic E-state index is 12.8. The van der Waals surface area contributed by atoms with E-state index in [-0.39, 0.29) is 12.5 Å². The molecule has 0 saturated carbocycles. The highest BCUT2D eigenvalue weighted by molar-refractivity contribution is 7.45. The van der Waals surface area contributed by atoms with Crippen molar-refractivity contribution in [2.24, 2.45) is 0 Å². The molecule has 0 aliphatic rings. The predicted octanol–water partition coefficient (Wildman–Crippen LogP) is 12.6. The molecule has 0 fully saturated rings. The van der Waals surface area contributed by atoms with Gasteiger partial charge in [0.1, 0.15) is 13.2 Å². The van der Waals surface area contributed by atoms with Gasteiger partial charge in [-0.1, -0.05) is 170 Å². The number of nitrogens with zero attached hydrogens (tertiary/aromatic N) is 1. The Kier molecular flexibility index (Phi) is 38.9. The van der Waals surface area contributed by atoms with Crippen LogP contribution >= 0.6 is 7.82 Å². The van der Waals surface area contributed by atoms with E-state index in [2.05, 4.69) is 79.9 Å². The molecule has 3 atom stereocenters. The number of allylic oxidation sites excluding steroid dienone is 11. The summed E-state index contributed by atoms with van der Waals surface area (Å²) in [6, 6.07) is -0.927. The van der Waals surface area contributed by atoms with Crippen molar-refractivity contribution in [3.05, 3.63) is 72.9 Å². The number of nitrogens with one attached hydrogen (secondary N) is 1. The molecular weight excluding hydrogens is 744 g/mol. The fraction of sp³-hybridized carbons (Fsp3) is 0.735. The van der Waals surface area contributed by atoms with Crippen molar-refractivity contribution in [3.63, 3.8) is 0 Å². The van der Waals surface area contributed by atoms with E-state index in [1.807, 2.05) is 27.2 Å². The van der Waals surface area contributed by atoms with Gasteiger partial charge in [-0.05, 0) is 77.0 Å². The second-order valence-electron chi connectivity index (χ2n) is 16.7. The molecule has 0 spiro atoms. The molecule has 9 heteroatoms. The first-order valence-corrected chi connectivity index (χ1v) is 24.8. The number of carbonyl (C=O) groups is 1. The third-order valence-corrected chi connectivity index (χ3v) is 10.8. The van der Waals surface area contributed by atoms with Gasteiger partial charge in [0.05, 0.1) is 39.9 Å². The Morgan fingerprint density at radius 3 is 1.60 bits per heavy atom. The SMILES string of the molecule is CC/C=C\C/C=C\C/C=C\CCCCCC(=O)NC(COP(=O)([O-])OCC[N+](C)(C)C)C(O)/C=C/CC/C=C/CC/C=C/CCCCCCCCCCCCCCC. The molecule has 0 aromatic heterocycles. The maximum absolute atomic E-state index is 12.8. The summed E-state index contributed by atoms with van der Waals surface area (Å²) in [5.74, 6) is -0.244. The zero-order valence-corrected chi connectivity index (χ0v) is 38.9. The highest BCUT2D eigenvalue weighted by Gasteiger charge is 2.23. The topological polar surface area (TPSA) is 108 Å². The van der Waals surface area contributed by atoms with Crippen LogP contribution in [0.15, 0.2) is 72.9 Å². The van der Waals surface area contributed by atoms with Crippen LogP contribution in [0.1, 0.15) is 181 Å². The Bertz CT molecular complexity index is 1170. The zero-order valence-electron chi connectivity index (χ0n) is 38.0. The van der Waals surface area contributed by atoms with E-state index in [1.165, 1.54) is 89.9 Å². The van der Waals surface area contributed by atoms with E-state index in [4.69, 9.17) is 9.05 Å². The molecule has 0 heterocycles. The quantitative estimate of drug-likeness (QED) is 0.0275. The number of aliphatic hydroxyl groups excluding tert-OH is 1. The molecular formula is C49H89N2O6P. The molecule has 1 amide bonds. The Morgan fingerprint density at radius 1 is 0.621 bits per heavy atom. The average Bonchev–Trinajstić information content (AvgIpc) is 3.17. The maximum Gasteiger partial charge on any atom is 0.268 e. The first-order chi connectivity index (χ1) is 28.0. The molecule has 0 aliphatic carbocycles. The zero-order chi connectivity index (χ0) is 42.8. The van der Waals surface area contributed by atoms with Crippen LogP contribution in [0.5, 0.6) is 0 Å². The largest absolute Gasteiger partial charge is 0.756 e. The predicted molar refractivity (Wildman–Crippen MR) is 247 cm³/mol. The molecule has 0 saturated heterocycles. The third kappa shape index (κ3) is 42.1. The standard InChI is InChI=1S/C49H89N2O6P/c1-6-8-10-12-14-16-18-20-21-22-23-24-25-26-27-28-29-31-32-34-36-38-40-42-48(52)47(46-57-58(54,55)56-45-44-51(3,4)5)50-49(53)43-41-39-37-35-33-30-19-17-15-13-11-9-7-2/h9,11,15,17,27-28,30,32-34,40,42,47-48,52H,6-8,10,12-14,16,18-26,29,31,35-39,41,43-46H2,1-5H3,(H-,50,53,54,55)/b11-9-,17-15-,28-27+,33-30-,34-32+,42-40+. The lowest BCUT2D eigenvalue weighted by Gasteiger charge is -2.29. The fourth-order valence-corrected chi connectivity index (χ4v) is 6.92. The van der Waals surface area contributed by atoms with Crippen LogP contribution in [0.2, 0.25) is 0 Å². The lowest BCUT2D eigenvalue weighted by Crippen LogP contribution is -2.45. The molecule has 2 N–H and O–H groups in total. The monoisotopic (exact) mass is 833 g/mol. The van der Waals surface area contributed by atoms with E-state index < -0.39 is 26.6 Å². The summed E-state index contributed by atoms with van der Waals surface area (Å²) in [6.45, 7) is 4.46. The molecule has 3 unspecified atom stereocenters. The molecule has 0 aromatic carbocycles. The summed E-state index contributed by atoms with van der Waals surface area (Å²) >= 11 is 0. The average molecular weight is 833 g/mol. The first kappa shape index (κ1) is 55.9. The minimum absolute atomic E-state index is 0.0182. The fourth-order valence-electron chi connectivity index (χ4n) is 6.20. The summed E-state index contributed by atoms with van der Waals surface area (Å²) in [4.78, 5) is 25.3. The molecule has 58 heavy (non-hydrogen) atoms. The number of hydrogen-bond donors (Lipinski definition) is 2.